The molecule has 0 aromatic carbocycles. The monoisotopic (exact) mass is 251 g/mol. The molecule has 1 unspecified atom stereocenters. The number of rotatable bonds is 5. The number of hydrogen-bond acceptors (Lipinski definition) is 4. The van der Waals surface area contributed by atoms with E-state index in [0.717, 1.165) is 19.6 Å². The molecule has 1 aliphatic rings. The molecule has 1 fully saturated rings. The largest absolute Gasteiger partial charge is 0.355 e. The summed E-state index contributed by atoms with van der Waals surface area (Å²) < 4.78 is 1.67. The third kappa shape index (κ3) is 3.80. The molecule has 6 nitrogen and oxygen atoms in total. The number of piperidine rings is 1. The normalized spacial score (nSPS) is 23.8. The highest BCUT2D eigenvalue weighted by atomic mass is 16.1. The van der Waals surface area contributed by atoms with E-state index in [9.17, 15) is 4.79 Å². The second kappa shape index (κ2) is 5.95. The Bertz CT molecular complexity index is 370. The van der Waals surface area contributed by atoms with Crippen molar-refractivity contribution in [3.63, 3.8) is 0 Å². The molecule has 1 aromatic rings. The minimum absolute atomic E-state index is 0.0808. The van der Waals surface area contributed by atoms with Crippen LogP contribution in [-0.4, -0.2) is 40.5 Å². The van der Waals surface area contributed by atoms with Gasteiger partial charge in [0.15, 0.2) is 0 Å². The van der Waals surface area contributed by atoms with E-state index in [4.69, 9.17) is 0 Å². The third-order valence-electron chi connectivity index (χ3n) is 3.44. The molecule has 0 aliphatic carbocycles. The van der Waals surface area contributed by atoms with Gasteiger partial charge >= 0.3 is 0 Å². The predicted octanol–water partition coefficient (Wildman–Crippen LogP) is 0.174. The maximum Gasteiger partial charge on any atom is 0.221 e. The number of aromatic nitrogens is 3. The Morgan fingerprint density at radius 3 is 3.17 bits per heavy atom. The second-order valence-corrected chi connectivity index (χ2v) is 5.28. The van der Waals surface area contributed by atoms with Crippen molar-refractivity contribution < 1.29 is 4.79 Å². The highest BCUT2D eigenvalue weighted by molar-refractivity contribution is 5.75. The van der Waals surface area contributed by atoms with Crippen LogP contribution in [0.5, 0.6) is 0 Å². The molecular weight excluding hydrogens is 230 g/mol. The number of carbonyl (C=O) groups excluding carboxylic acids is 1. The van der Waals surface area contributed by atoms with E-state index in [0.29, 0.717) is 13.0 Å². The Labute approximate surface area is 107 Å². The van der Waals surface area contributed by atoms with Gasteiger partial charge in [0.2, 0.25) is 5.91 Å². The lowest BCUT2D eigenvalue weighted by Gasteiger charge is -2.34. The van der Waals surface area contributed by atoms with Crippen molar-refractivity contribution in [3.8, 4) is 0 Å². The number of nitrogens with one attached hydrogen (secondary N) is 2. The Kier molecular flexibility index (Phi) is 4.30. The number of carbonyl (C=O) groups is 1. The van der Waals surface area contributed by atoms with Gasteiger partial charge in [0, 0.05) is 25.7 Å². The zero-order valence-electron chi connectivity index (χ0n) is 10.9. The number of amides is 1. The lowest BCUT2D eigenvalue weighted by molar-refractivity contribution is -0.121. The lowest BCUT2D eigenvalue weighted by Crippen LogP contribution is -2.45. The van der Waals surface area contributed by atoms with E-state index in [1.807, 2.05) is 0 Å². The Morgan fingerprint density at radius 2 is 2.50 bits per heavy atom. The van der Waals surface area contributed by atoms with Crippen molar-refractivity contribution in [3.05, 3.63) is 12.4 Å². The van der Waals surface area contributed by atoms with Gasteiger partial charge in [-0.2, -0.15) is 0 Å². The number of nitrogens with zero attached hydrogens (tertiary/aromatic N) is 3. The summed E-state index contributed by atoms with van der Waals surface area (Å²) in [7, 11) is 0. The van der Waals surface area contributed by atoms with Crippen molar-refractivity contribution in [2.45, 2.75) is 32.7 Å². The van der Waals surface area contributed by atoms with Crippen LogP contribution >= 0.6 is 0 Å². The topological polar surface area (TPSA) is 71.8 Å². The zero-order chi connectivity index (χ0) is 12.8. The molecule has 2 heterocycles. The van der Waals surface area contributed by atoms with Crippen LogP contribution in [0.25, 0.3) is 0 Å². The minimum atomic E-state index is 0.0808. The van der Waals surface area contributed by atoms with Crippen LogP contribution in [0.15, 0.2) is 12.4 Å². The molecule has 0 saturated carbocycles. The Balaban J connectivity index is 1.68. The molecule has 1 aromatic heterocycles. The van der Waals surface area contributed by atoms with Crippen LogP contribution in [0.1, 0.15) is 26.2 Å². The van der Waals surface area contributed by atoms with E-state index in [-0.39, 0.29) is 11.3 Å². The van der Waals surface area contributed by atoms with Gasteiger partial charge in [-0.15, -0.1) is 5.10 Å². The lowest BCUT2D eigenvalue weighted by atomic mass is 9.83. The molecule has 0 radical (unpaired) electrons. The molecule has 1 saturated heterocycles. The molecule has 18 heavy (non-hydrogen) atoms. The van der Waals surface area contributed by atoms with Gasteiger partial charge < -0.3 is 10.6 Å². The zero-order valence-corrected chi connectivity index (χ0v) is 10.9. The first-order chi connectivity index (χ1) is 8.68. The molecule has 6 heteroatoms. The number of aryl methyl sites for hydroxylation is 1. The Hall–Kier alpha value is -1.43. The summed E-state index contributed by atoms with van der Waals surface area (Å²) in [5, 5.41) is 13.9. The van der Waals surface area contributed by atoms with Crippen LogP contribution < -0.4 is 10.6 Å². The van der Waals surface area contributed by atoms with Gasteiger partial charge in [-0.1, -0.05) is 12.1 Å². The molecule has 2 rings (SSSR count). The van der Waals surface area contributed by atoms with E-state index in [1.54, 1.807) is 17.1 Å². The van der Waals surface area contributed by atoms with Gasteiger partial charge in [0.05, 0.1) is 12.7 Å². The van der Waals surface area contributed by atoms with Crippen molar-refractivity contribution in [1.82, 2.24) is 25.6 Å². The predicted molar refractivity (Wildman–Crippen MR) is 67.9 cm³/mol. The van der Waals surface area contributed by atoms with Gasteiger partial charge in [-0.05, 0) is 24.8 Å². The third-order valence-corrected chi connectivity index (χ3v) is 3.44. The molecular formula is C12H21N5O. The average molecular weight is 251 g/mol. The van der Waals surface area contributed by atoms with E-state index >= 15 is 0 Å². The molecule has 100 valence electrons. The Morgan fingerprint density at radius 1 is 1.61 bits per heavy atom. The van der Waals surface area contributed by atoms with Crippen molar-refractivity contribution in [1.29, 1.82) is 0 Å². The first kappa shape index (κ1) is 13.0. The quantitative estimate of drug-likeness (QED) is 0.783. The first-order valence-corrected chi connectivity index (χ1v) is 6.49. The standard InChI is InChI=1S/C12H21N5O/c1-12(4-2-5-13-9-12)10-14-11(18)3-7-17-8-6-15-16-17/h6,8,13H,2-5,7,9-10H2,1H3,(H,14,18). The van der Waals surface area contributed by atoms with E-state index in [2.05, 4.69) is 27.9 Å². The van der Waals surface area contributed by atoms with E-state index in [1.165, 1.54) is 12.8 Å². The van der Waals surface area contributed by atoms with Crippen molar-refractivity contribution in [2.75, 3.05) is 19.6 Å². The summed E-state index contributed by atoms with van der Waals surface area (Å²) in [6.07, 6.45) is 6.19. The maximum absolute atomic E-state index is 11.7. The minimum Gasteiger partial charge on any atom is -0.355 e. The number of hydrogen-bond donors (Lipinski definition) is 2. The van der Waals surface area contributed by atoms with E-state index < -0.39 is 0 Å². The van der Waals surface area contributed by atoms with Crippen LogP contribution in [-0.2, 0) is 11.3 Å². The van der Waals surface area contributed by atoms with Gasteiger partial charge in [-0.3, -0.25) is 9.48 Å². The van der Waals surface area contributed by atoms with Crippen LogP contribution in [0.3, 0.4) is 0 Å². The fourth-order valence-corrected chi connectivity index (χ4v) is 2.24. The van der Waals surface area contributed by atoms with Crippen LogP contribution in [0.4, 0.5) is 0 Å². The van der Waals surface area contributed by atoms with Gasteiger partial charge in [0.25, 0.3) is 0 Å². The second-order valence-electron chi connectivity index (χ2n) is 5.28. The summed E-state index contributed by atoms with van der Waals surface area (Å²) in [4.78, 5) is 11.7. The maximum atomic E-state index is 11.7. The molecule has 0 bridgehead atoms. The smallest absolute Gasteiger partial charge is 0.221 e. The highest BCUT2D eigenvalue weighted by Crippen LogP contribution is 2.24. The summed E-state index contributed by atoms with van der Waals surface area (Å²) in [5.41, 5.74) is 0.196. The van der Waals surface area contributed by atoms with Crippen molar-refractivity contribution in [2.24, 2.45) is 5.41 Å². The first-order valence-electron chi connectivity index (χ1n) is 6.49. The molecule has 0 spiro atoms. The van der Waals surface area contributed by atoms with Crippen LogP contribution in [0, 0.1) is 5.41 Å². The molecule has 1 amide bonds. The van der Waals surface area contributed by atoms with Crippen LogP contribution in [0.2, 0.25) is 0 Å². The molecule has 2 N–H and O–H groups in total. The van der Waals surface area contributed by atoms with Gasteiger partial charge in [-0.25, -0.2) is 0 Å². The summed E-state index contributed by atoms with van der Waals surface area (Å²) in [5.74, 6) is 0.0808. The SMILES string of the molecule is CC1(CNC(=O)CCn2ccnn2)CCCNC1. The summed E-state index contributed by atoms with van der Waals surface area (Å²) in [6, 6.07) is 0. The summed E-state index contributed by atoms with van der Waals surface area (Å²) in [6.45, 7) is 5.63. The molecule has 1 atom stereocenters. The fourth-order valence-electron chi connectivity index (χ4n) is 2.24. The highest BCUT2D eigenvalue weighted by Gasteiger charge is 2.26. The van der Waals surface area contributed by atoms with Crippen molar-refractivity contribution >= 4 is 5.91 Å². The summed E-state index contributed by atoms with van der Waals surface area (Å²) >= 11 is 0. The average Bonchev–Trinajstić information content (AvgIpc) is 2.88. The fraction of sp³-hybridized carbons (Fsp3) is 0.750. The van der Waals surface area contributed by atoms with Gasteiger partial charge in [0.1, 0.15) is 0 Å². The molecule has 1 aliphatic heterocycles.